The third-order valence-electron chi connectivity index (χ3n) is 3.04. The van der Waals surface area contributed by atoms with Gasteiger partial charge < -0.3 is 15.2 Å². The summed E-state index contributed by atoms with van der Waals surface area (Å²) in [7, 11) is 0. The lowest BCUT2D eigenvalue weighted by Gasteiger charge is -2.14. The second kappa shape index (κ2) is 6.66. The van der Waals surface area contributed by atoms with Crippen LogP contribution >= 0.6 is 15.9 Å². The highest BCUT2D eigenvalue weighted by atomic mass is 79.9. The summed E-state index contributed by atoms with van der Waals surface area (Å²) in [5.41, 5.74) is 8.70. The Hall–Kier alpha value is -1.68. The maximum absolute atomic E-state index is 5.89. The van der Waals surface area contributed by atoms with E-state index in [-0.39, 0.29) is 0 Å². The van der Waals surface area contributed by atoms with Crippen LogP contribution in [0.5, 0.6) is 11.5 Å². The molecular weight excluding hydrogens is 318 g/mol. The second-order valence-corrected chi connectivity index (χ2v) is 5.50. The van der Waals surface area contributed by atoms with E-state index in [0.717, 1.165) is 32.8 Å². The Morgan fingerprint density at radius 3 is 2.55 bits per heavy atom. The van der Waals surface area contributed by atoms with Crippen LogP contribution in [-0.4, -0.2) is 13.2 Å². The number of ether oxygens (including phenoxy) is 2. The van der Waals surface area contributed by atoms with Gasteiger partial charge in [-0.3, -0.25) is 0 Å². The molecule has 0 atom stereocenters. The molecule has 0 saturated heterocycles. The number of aryl methyl sites for hydroxylation is 1. The number of nitrogens with two attached hydrogens (primary N) is 1. The fourth-order valence-electron chi connectivity index (χ4n) is 1.92. The fraction of sp³-hybridized carbons (Fsp3) is 0.250. The van der Waals surface area contributed by atoms with Crippen molar-refractivity contribution in [2.24, 2.45) is 0 Å². The third kappa shape index (κ3) is 3.67. The molecule has 0 bridgehead atoms. The summed E-state index contributed by atoms with van der Waals surface area (Å²) < 4.78 is 12.4. The number of halogens is 1. The standard InChI is InChI=1S/C16H18BrNO2/c1-11-6-7-15(18)12(2)16(11)20-9-8-19-14-5-3-4-13(17)10-14/h3-7,10H,8-9,18H2,1-2H3. The Morgan fingerprint density at radius 2 is 1.80 bits per heavy atom. The largest absolute Gasteiger partial charge is 0.490 e. The predicted octanol–water partition coefficient (Wildman–Crippen LogP) is 4.11. The van der Waals surface area contributed by atoms with Crippen LogP contribution in [0, 0.1) is 13.8 Å². The summed E-state index contributed by atoms with van der Waals surface area (Å²) in [6, 6.07) is 11.6. The first kappa shape index (κ1) is 14.7. The molecule has 2 aromatic carbocycles. The summed E-state index contributed by atoms with van der Waals surface area (Å²) >= 11 is 3.41. The molecule has 0 amide bonds. The van der Waals surface area contributed by atoms with E-state index in [1.807, 2.05) is 50.2 Å². The van der Waals surface area contributed by atoms with Gasteiger partial charge in [-0.05, 0) is 43.7 Å². The lowest BCUT2D eigenvalue weighted by molar-refractivity contribution is 0.215. The first-order chi connectivity index (χ1) is 9.58. The van der Waals surface area contributed by atoms with E-state index < -0.39 is 0 Å². The van der Waals surface area contributed by atoms with Crippen molar-refractivity contribution in [2.75, 3.05) is 18.9 Å². The molecule has 0 unspecified atom stereocenters. The number of benzene rings is 2. The maximum atomic E-state index is 5.89. The van der Waals surface area contributed by atoms with E-state index in [1.54, 1.807) is 0 Å². The van der Waals surface area contributed by atoms with E-state index >= 15 is 0 Å². The molecule has 0 heterocycles. The quantitative estimate of drug-likeness (QED) is 0.660. The topological polar surface area (TPSA) is 44.5 Å². The van der Waals surface area contributed by atoms with Gasteiger partial charge in [-0.1, -0.05) is 28.1 Å². The van der Waals surface area contributed by atoms with Gasteiger partial charge >= 0.3 is 0 Å². The lowest BCUT2D eigenvalue weighted by Crippen LogP contribution is -2.10. The normalized spacial score (nSPS) is 10.3. The van der Waals surface area contributed by atoms with Crippen molar-refractivity contribution in [3.05, 3.63) is 52.0 Å². The van der Waals surface area contributed by atoms with Gasteiger partial charge in [0.2, 0.25) is 0 Å². The molecule has 0 spiro atoms. The molecular formula is C16H18BrNO2. The van der Waals surface area contributed by atoms with Gasteiger partial charge in [0.25, 0.3) is 0 Å². The van der Waals surface area contributed by atoms with Gasteiger partial charge in [-0.15, -0.1) is 0 Å². The summed E-state index contributed by atoms with van der Waals surface area (Å²) in [4.78, 5) is 0. The van der Waals surface area contributed by atoms with Crippen LogP contribution in [0.4, 0.5) is 5.69 Å². The zero-order valence-corrected chi connectivity index (χ0v) is 13.2. The predicted molar refractivity (Wildman–Crippen MR) is 85.5 cm³/mol. The van der Waals surface area contributed by atoms with Crippen molar-refractivity contribution in [3.8, 4) is 11.5 Å². The number of hydrogen-bond acceptors (Lipinski definition) is 3. The molecule has 0 aromatic heterocycles. The van der Waals surface area contributed by atoms with E-state index in [9.17, 15) is 0 Å². The van der Waals surface area contributed by atoms with Crippen molar-refractivity contribution in [1.29, 1.82) is 0 Å². The van der Waals surface area contributed by atoms with Crippen LogP contribution in [0.2, 0.25) is 0 Å². The molecule has 4 heteroatoms. The monoisotopic (exact) mass is 335 g/mol. The fourth-order valence-corrected chi connectivity index (χ4v) is 2.30. The zero-order valence-electron chi connectivity index (χ0n) is 11.7. The smallest absolute Gasteiger partial charge is 0.127 e. The Balaban J connectivity index is 1.89. The number of hydrogen-bond donors (Lipinski definition) is 1. The Bertz CT molecular complexity index is 599. The average molecular weight is 336 g/mol. The zero-order chi connectivity index (χ0) is 14.5. The first-order valence-corrected chi connectivity index (χ1v) is 7.24. The van der Waals surface area contributed by atoms with Gasteiger partial charge in [-0.25, -0.2) is 0 Å². The molecule has 0 aliphatic carbocycles. The number of nitrogen functional groups attached to an aromatic ring is 1. The van der Waals surface area contributed by atoms with Crippen LogP contribution in [0.1, 0.15) is 11.1 Å². The van der Waals surface area contributed by atoms with E-state index in [2.05, 4.69) is 15.9 Å². The SMILES string of the molecule is Cc1ccc(N)c(C)c1OCCOc1cccc(Br)c1. The van der Waals surface area contributed by atoms with Gasteiger partial charge in [0.15, 0.2) is 0 Å². The Kier molecular flexibility index (Phi) is 4.90. The molecule has 0 aliphatic heterocycles. The molecule has 3 nitrogen and oxygen atoms in total. The molecule has 0 radical (unpaired) electrons. The van der Waals surface area contributed by atoms with Gasteiger partial charge in [-0.2, -0.15) is 0 Å². The molecule has 20 heavy (non-hydrogen) atoms. The van der Waals surface area contributed by atoms with E-state index in [4.69, 9.17) is 15.2 Å². The van der Waals surface area contributed by atoms with Crippen molar-refractivity contribution in [1.82, 2.24) is 0 Å². The van der Waals surface area contributed by atoms with Crippen LogP contribution in [0.25, 0.3) is 0 Å². The molecule has 2 N–H and O–H groups in total. The lowest BCUT2D eigenvalue weighted by atomic mass is 10.1. The van der Waals surface area contributed by atoms with Crippen molar-refractivity contribution in [2.45, 2.75) is 13.8 Å². The van der Waals surface area contributed by atoms with Gasteiger partial charge in [0, 0.05) is 15.7 Å². The molecule has 106 valence electrons. The van der Waals surface area contributed by atoms with E-state index in [0.29, 0.717) is 13.2 Å². The van der Waals surface area contributed by atoms with Crippen LogP contribution in [-0.2, 0) is 0 Å². The highest BCUT2D eigenvalue weighted by molar-refractivity contribution is 9.10. The number of anilines is 1. The molecule has 0 fully saturated rings. The summed E-state index contributed by atoms with van der Waals surface area (Å²) in [6.07, 6.45) is 0. The summed E-state index contributed by atoms with van der Waals surface area (Å²) in [5, 5.41) is 0. The summed E-state index contributed by atoms with van der Waals surface area (Å²) in [5.74, 6) is 1.67. The third-order valence-corrected chi connectivity index (χ3v) is 3.53. The van der Waals surface area contributed by atoms with Crippen LogP contribution < -0.4 is 15.2 Å². The maximum Gasteiger partial charge on any atom is 0.127 e. The van der Waals surface area contributed by atoms with Crippen molar-refractivity contribution >= 4 is 21.6 Å². The van der Waals surface area contributed by atoms with Gasteiger partial charge in [0.1, 0.15) is 24.7 Å². The molecule has 2 rings (SSSR count). The highest BCUT2D eigenvalue weighted by Crippen LogP contribution is 2.27. The Morgan fingerprint density at radius 1 is 1.05 bits per heavy atom. The highest BCUT2D eigenvalue weighted by Gasteiger charge is 2.06. The molecule has 0 aliphatic rings. The van der Waals surface area contributed by atoms with Gasteiger partial charge in [0.05, 0.1) is 0 Å². The van der Waals surface area contributed by atoms with Crippen molar-refractivity contribution < 1.29 is 9.47 Å². The van der Waals surface area contributed by atoms with Crippen molar-refractivity contribution in [3.63, 3.8) is 0 Å². The van der Waals surface area contributed by atoms with E-state index in [1.165, 1.54) is 0 Å². The Labute approximate surface area is 127 Å². The average Bonchev–Trinajstić information content (AvgIpc) is 2.42. The van der Waals surface area contributed by atoms with Crippen LogP contribution in [0.15, 0.2) is 40.9 Å². The number of rotatable bonds is 5. The molecule has 0 saturated carbocycles. The minimum absolute atomic E-state index is 0.484. The minimum atomic E-state index is 0.484. The van der Waals surface area contributed by atoms with Crippen LogP contribution in [0.3, 0.4) is 0 Å². The summed E-state index contributed by atoms with van der Waals surface area (Å²) in [6.45, 7) is 4.95. The minimum Gasteiger partial charge on any atom is -0.490 e. The first-order valence-electron chi connectivity index (χ1n) is 6.45. The second-order valence-electron chi connectivity index (χ2n) is 4.58. The molecule has 2 aromatic rings.